The highest BCUT2D eigenvalue weighted by atomic mass is 32.2. The molecule has 0 aliphatic carbocycles. The topological polar surface area (TPSA) is 93.0 Å². The first-order chi connectivity index (χ1) is 12.0. The van der Waals surface area contributed by atoms with Crippen LogP contribution in [0.1, 0.15) is 18.9 Å². The third-order valence-electron chi connectivity index (χ3n) is 4.73. The van der Waals surface area contributed by atoms with Crippen molar-refractivity contribution in [2.75, 3.05) is 13.1 Å². The Kier molecular flexibility index (Phi) is 3.77. The van der Waals surface area contributed by atoms with Gasteiger partial charge in [0.2, 0.25) is 10.0 Å². The minimum atomic E-state index is -3.53. The summed E-state index contributed by atoms with van der Waals surface area (Å²) in [5, 5.41) is 3.94. The van der Waals surface area contributed by atoms with E-state index in [-0.39, 0.29) is 16.6 Å². The number of piperidine rings is 1. The molecule has 3 heterocycles. The molecule has 1 saturated heterocycles. The minimum Gasteiger partial charge on any atom is -0.306 e. The molecule has 25 heavy (non-hydrogen) atoms. The van der Waals surface area contributed by atoms with Crippen LogP contribution in [-0.2, 0) is 17.1 Å². The van der Waals surface area contributed by atoms with Gasteiger partial charge in [-0.2, -0.15) is 9.40 Å². The Labute approximate surface area is 144 Å². The second-order valence-corrected chi connectivity index (χ2v) is 8.24. The van der Waals surface area contributed by atoms with E-state index < -0.39 is 10.0 Å². The summed E-state index contributed by atoms with van der Waals surface area (Å²) in [4.78, 5) is 15.4. The summed E-state index contributed by atoms with van der Waals surface area (Å²) < 4.78 is 30.0. The highest BCUT2D eigenvalue weighted by molar-refractivity contribution is 7.89. The lowest BCUT2D eigenvalue weighted by molar-refractivity contribution is 0.274. The van der Waals surface area contributed by atoms with Gasteiger partial charge in [0.25, 0.3) is 0 Å². The molecule has 1 aliphatic rings. The molecule has 2 aromatic heterocycles. The molecule has 1 aromatic carbocycles. The maximum Gasteiger partial charge on any atom is 0.326 e. The Morgan fingerprint density at radius 3 is 2.60 bits per heavy atom. The van der Waals surface area contributed by atoms with Crippen molar-refractivity contribution >= 4 is 21.1 Å². The van der Waals surface area contributed by atoms with Gasteiger partial charge in [-0.1, -0.05) is 12.1 Å². The predicted octanol–water partition coefficient (Wildman–Crippen LogP) is 1.09. The van der Waals surface area contributed by atoms with Crippen LogP contribution < -0.4 is 5.69 Å². The van der Waals surface area contributed by atoms with Crippen molar-refractivity contribution in [3.63, 3.8) is 0 Å². The van der Waals surface area contributed by atoms with Crippen LogP contribution in [0.25, 0.3) is 11.0 Å². The third-order valence-corrected chi connectivity index (χ3v) is 6.58. The monoisotopic (exact) mass is 361 g/mol. The summed E-state index contributed by atoms with van der Waals surface area (Å²) in [5.74, 6) is 0. The Morgan fingerprint density at radius 2 is 1.92 bits per heavy atom. The zero-order valence-electron chi connectivity index (χ0n) is 13.8. The molecule has 1 fully saturated rings. The van der Waals surface area contributed by atoms with Crippen molar-refractivity contribution in [3.05, 3.63) is 47.1 Å². The second kappa shape index (κ2) is 5.85. The smallest absolute Gasteiger partial charge is 0.306 e. The van der Waals surface area contributed by atoms with E-state index in [2.05, 4.69) is 10.1 Å². The van der Waals surface area contributed by atoms with E-state index in [9.17, 15) is 13.2 Å². The van der Waals surface area contributed by atoms with E-state index in [4.69, 9.17) is 0 Å². The van der Waals surface area contributed by atoms with E-state index in [1.54, 1.807) is 11.6 Å². The normalized spacial score (nSPS) is 17.3. The molecule has 0 atom stereocenters. The molecule has 0 unspecified atom stereocenters. The van der Waals surface area contributed by atoms with Crippen molar-refractivity contribution in [2.24, 2.45) is 7.05 Å². The van der Waals surface area contributed by atoms with Crippen molar-refractivity contribution in [3.8, 4) is 0 Å². The van der Waals surface area contributed by atoms with Crippen LogP contribution in [0.5, 0.6) is 0 Å². The second-order valence-electron chi connectivity index (χ2n) is 6.30. The summed E-state index contributed by atoms with van der Waals surface area (Å²) in [6, 6.07) is 7.55. The van der Waals surface area contributed by atoms with Crippen molar-refractivity contribution in [2.45, 2.75) is 23.8 Å². The Hall–Kier alpha value is -2.39. The average molecular weight is 361 g/mol. The first-order valence-corrected chi connectivity index (χ1v) is 9.59. The Bertz CT molecular complexity index is 1070. The van der Waals surface area contributed by atoms with Crippen LogP contribution in [0.4, 0.5) is 0 Å². The highest BCUT2D eigenvalue weighted by Crippen LogP contribution is 2.28. The predicted molar refractivity (Wildman–Crippen MR) is 92.8 cm³/mol. The number of para-hydroxylation sites is 2. The molecule has 0 spiro atoms. The fraction of sp³-hybridized carbons (Fsp3) is 0.375. The van der Waals surface area contributed by atoms with Gasteiger partial charge < -0.3 is 4.98 Å². The molecular formula is C16H19N5O3S. The first-order valence-electron chi connectivity index (χ1n) is 8.15. The molecule has 0 amide bonds. The lowest BCUT2D eigenvalue weighted by atomic mass is 10.1. The van der Waals surface area contributed by atoms with Crippen molar-refractivity contribution in [1.29, 1.82) is 0 Å². The fourth-order valence-corrected chi connectivity index (χ4v) is 4.91. The molecule has 0 saturated carbocycles. The van der Waals surface area contributed by atoms with E-state index in [1.165, 1.54) is 21.4 Å². The van der Waals surface area contributed by atoms with Gasteiger partial charge >= 0.3 is 5.69 Å². The molecule has 1 N–H and O–H groups in total. The number of aryl methyl sites for hydroxylation is 1. The number of sulfonamides is 1. The number of hydrogen-bond acceptors (Lipinski definition) is 4. The number of aromatic amines is 1. The highest BCUT2D eigenvalue weighted by Gasteiger charge is 2.31. The first kappa shape index (κ1) is 16.1. The molecular weight excluding hydrogens is 342 g/mol. The van der Waals surface area contributed by atoms with E-state index >= 15 is 0 Å². The largest absolute Gasteiger partial charge is 0.326 e. The number of hydrogen-bond donors (Lipinski definition) is 1. The van der Waals surface area contributed by atoms with Gasteiger partial charge in [0.15, 0.2) is 0 Å². The van der Waals surface area contributed by atoms with Crippen LogP contribution in [0, 0.1) is 0 Å². The summed E-state index contributed by atoms with van der Waals surface area (Å²) in [5.41, 5.74) is 1.52. The van der Waals surface area contributed by atoms with Gasteiger partial charge in [-0.05, 0) is 25.0 Å². The lowest BCUT2D eigenvalue weighted by Gasteiger charge is -2.31. The summed E-state index contributed by atoms with van der Waals surface area (Å²) in [6.07, 6.45) is 4.07. The Morgan fingerprint density at radius 1 is 1.20 bits per heavy atom. The number of nitrogens with one attached hydrogen (secondary N) is 1. The summed E-state index contributed by atoms with van der Waals surface area (Å²) in [6.45, 7) is 0.766. The number of benzene rings is 1. The molecule has 3 aromatic rings. The fourth-order valence-electron chi connectivity index (χ4n) is 3.46. The summed E-state index contributed by atoms with van der Waals surface area (Å²) in [7, 11) is -1.84. The van der Waals surface area contributed by atoms with E-state index in [0.29, 0.717) is 25.9 Å². The van der Waals surface area contributed by atoms with Crippen LogP contribution in [-0.4, -0.2) is 45.1 Å². The molecule has 1 aliphatic heterocycles. The minimum absolute atomic E-state index is 0.0102. The van der Waals surface area contributed by atoms with Crippen LogP contribution in [0.3, 0.4) is 0 Å². The quantitative estimate of drug-likeness (QED) is 0.756. The molecule has 0 bridgehead atoms. The van der Waals surface area contributed by atoms with Crippen LogP contribution >= 0.6 is 0 Å². The Balaban J connectivity index is 1.57. The maximum atomic E-state index is 12.7. The maximum absolute atomic E-state index is 12.7. The van der Waals surface area contributed by atoms with Crippen molar-refractivity contribution in [1.82, 2.24) is 23.6 Å². The number of nitrogens with zero attached hydrogens (tertiary/aromatic N) is 4. The van der Waals surface area contributed by atoms with Crippen LogP contribution in [0.2, 0.25) is 0 Å². The third kappa shape index (κ3) is 2.69. The van der Waals surface area contributed by atoms with Gasteiger partial charge in [0.1, 0.15) is 4.90 Å². The number of aromatic nitrogens is 4. The van der Waals surface area contributed by atoms with E-state index in [1.807, 2.05) is 24.3 Å². The molecule has 8 nitrogen and oxygen atoms in total. The average Bonchev–Trinajstić information content (AvgIpc) is 3.18. The number of imidazole rings is 1. The SMILES string of the molecule is Cn1cc(S(=O)(=O)N2CCC(n3c(=O)[nH]c4ccccc43)CC2)cn1. The molecule has 0 radical (unpaired) electrons. The molecule has 9 heteroatoms. The number of H-pyrrole nitrogens is 1. The zero-order chi connectivity index (χ0) is 17.6. The molecule has 4 rings (SSSR count). The standard InChI is InChI=1S/C16H19N5O3S/c1-19-11-13(10-17-19)25(23,24)20-8-6-12(7-9-20)21-15-5-3-2-4-14(15)18-16(21)22/h2-5,10-12H,6-9H2,1H3,(H,18,22). The number of fused-ring (bicyclic) bond motifs is 1. The van der Waals surface area contributed by atoms with Gasteiger partial charge in [-0.3, -0.25) is 9.25 Å². The zero-order valence-corrected chi connectivity index (χ0v) is 14.6. The van der Waals surface area contributed by atoms with Gasteiger partial charge in [-0.15, -0.1) is 0 Å². The van der Waals surface area contributed by atoms with Crippen molar-refractivity contribution < 1.29 is 8.42 Å². The summed E-state index contributed by atoms with van der Waals surface area (Å²) >= 11 is 0. The van der Waals surface area contributed by atoms with Crippen LogP contribution in [0.15, 0.2) is 46.3 Å². The number of rotatable bonds is 3. The van der Waals surface area contributed by atoms with Gasteiger partial charge in [0.05, 0.1) is 17.2 Å². The van der Waals surface area contributed by atoms with Gasteiger partial charge in [0, 0.05) is 32.4 Å². The lowest BCUT2D eigenvalue weighted by Crippen LogP contribution is -2.40. The van der Waals surface area contributed by atoms with Gasteiger partial charge in [-0.25, -0.2) is 13.2 Å². The molecule has 132 valence electrons. The van der Waals surface area contributed by atoms with E-state index in [0.717, 1.165) is 11.0 Å².